The molecule has 0 spiro atoms. The number of carbonyl (C=O) groups excluding carboxylic acids is 3. The predicted molar refractivity (Wildman–Crippen MR) is 133 cm³/mol. The number of hydrogen-bond donors (Lipinski definition) is 2. The minimum absolute atomic E-state index is 0.423. The van der Waals surface area contributed by atoms with Crippen molar-refractivity contribution in [1.29, 1.82) is 0 Å². The number of amides is 4. The topological polar surface area (TPSA) is 106 Å². The summed E-state index contributed by atoms with van der Waals surface area (Å²) in [5.74, 6) is 0.590. The number of benzene rings is 3. The Morgan fingerprint density at radius 3 is 1.97 bits per heavy atom. The molecule has 0 bridgehead atoms. The Hall–Kier alpha value is -4.53. The average molecular weight is 490 g/mol. The first-order valence-electron chi connectivity index (χ1n) is 11.4. The molecule has 1 saturated heterocycles. The van der Waals surface area contributed by atoms with E-state index in [1.807, 2.05) is 6.92 Å². The lowest BCUT2D eigenvalue weighted by Crippen LogP contribution is -2.45. The molecule has 0 aliphatic carbocycles. The SMILES string of the molecule is CCOc1ccccc1NC(=O)CN1C(=O)NC(c2ccc(OC)cc2)(c2ccc(OC)cc2)C1=O. The van der Waals surface area contributed by atoms with Gasteiger partial charge < -0.3 is 24.8 Å². The van der Waals surface area contributed by atoms with Gasteiger partial charge in [0.2, 0.25) is 5.91 Å². The fraction of sp³-hybridized carbons (Fsp3) is 0.222. The van der Waals surface area contributed by atoms with Crippen molar-refractivity contribution >= 4 is 23.5 Å². The summed E-state index contributed by atoms with van der Waals surface area (Å²) in [6, 6.07) is 20.0. The van der Waals surface area contributed by atoms with E-state index in [-0.39, 0.29) is 0 Å². The van der Waals surface area contributed by atoms with Crippen LogP contribution in [0.5, 0.6) is 17.2 Å². The standard InChI is InChI=1S/C27H27N3O6/c1-4-36-23-8-6-5-7-22(23)28-24(31)17-30-25(32)27(29-26(30)33,18-9-13-20(34-2)14-10-18)19-11-15-21(35-3)16-12-19/h5-16H,4,17H2,1-3H3,(H,28,31)(H,29,33). The molecule has 186 valence electrons. The summed E-state index contributed by atoms with van der Waals surface area (Å²) in [5, 5.41) is 5.56. The number of imide groups is 1. The molecule has 4 amide bonds. The molecule has 36 heavy (non-hydrogen) atoms. The summed E-state index contributed by atoms with van der Waals surface area (Å²) >= 11 is 0. The summed E-state index contributed by atoms with van der Waals surface area (Å²) < 4.78 is 16.0. The number of nitrogens with zero attached hydrogens (tertiary/aromatic N) is 1. The highest BCUT2D eigenvalue weighted by Gasteiger charge is 2.54. The third kappa shape index (κ3) is 4.55. The fourth-order valence-electron chi connectivity index (χ4n) is 4.14. The van der Waals surface area contributed by atoms with Crippen LogP contribution in [0.4, 0.5) is 10.5 Å². The van der Waals surface area contributed by atoms with Crippen molar-refractivity contribution < 1.29 is 28.6 Å². The van der Waals surface area contributed by atoms with Gasteiger partial charge in [-0.25, -0.2) is 4.79 Å². The van der Waals surface area contributed by atoms with Crippen LogP contribution in [0.3, 0.4) is 0 Å². The molecule has 3 aromatic rings. The molecule has 3 aromatic carbocycles. The molecule has 0 unspecified atom stereocenters. The molecule has 9 nitrogen and oxygen atoms in total. The van der Waals surface area contributed by atoms with Gasteiger partial charge in [-0.1, -0.05) is 36.4 Å². The van der Waals surface area contributed by atoms with Crippen LogP contribution >= 0.6 is 0 Å². The van der Waals surface area contributed by atoms with Gasteiger partial charge in [0.05, 0.1) is 26.5 Å². The van der Waals surface area contributed by atoms with Crippen LogP contribution in [0.25, 0.3) is 0 Å². The van der Waals surface area contributed by atoms with Gasteiger partial charge in [-0.2, -0.15) is 0 Å². The maximum Gasteiger partial charge on any atom is 0.326 e. The number of rotatable bonds is 9. The Morgan fingerprint density at radius 1 is 0.889 bits per heavy atom. The molecule has 0 radical (unpaired) electrons. The highest BCUT2D eigenvalue weighted by Crippen LogP contribution is 2.37. The van der Waals surface area contributed by atoms with Crippen molar-refractivity contribution in [2.45, 2.75) is 12.5 Å². The van der Waals surface area contributed by atoms with Crippen LogP contribution in [0.2, 0.25) is 0 Å². The Labute approximate surface area is 209 Å². The third-order valence-corrected chi connectivity index (χ3v) is 5.91. The number of carbonyl (C=O) groups is 3. The van der Waals surface area contributed by atoms with Crippen LogP contribution in [0.1, 0.15) is 18.1 Å². The van der Waals surface area contributed by atoms with E-state index in [2.05, 4.69) is 10.6 Å². The van der Waals surface area contributed by atoms with E-state index in [4.69, 9.17) is 14.2 Å². The molecule has 1 aliphatic heterocycles. The van der Waals surface area contributed by atoms with E-state index in [1.54, 1.807) is 87.0 Å². The maximum absolute atomic E-state index is 13.9. The van der Waals surface area contributed by atoms with Crippen LogP contribution in [-0.2, 0) is 15.1 Å². The molecule has 0 saturated carbocycles. The number of nitrogens with one attached hydrogen (secondary N) is 2. The Morgan fingerprint density at radius 2 is 1.44 bits per heavy atom. The first-order valence-corrected chi connectivity index (χ1v) is 11.4. The smallest absolute Gasteiger partial charge is 0.326 e. The number of urea groups is 1. The number of ether oxygens (including phenoxy) is 3. The highest BCUT2D eigenvalue weighted by atomic mass is 16.5. The second kappa shape index (κ2) is 10.4. The van der Waals surface area contributed by atoms with E-state index in [9.17, 15) is 14.4 Å². The van der Waals surface area contributed by atoms with Gasteiger partial charge in [-0.05, 0) is 54.4 Å². The van der Waals surface area contributed by atoms with Crippen molar-refractivity contribution in [3.05, 3.63) is 83.9 Å². The van der Waals surface area contributed by atoms with E-state index in [0.717, 1.165) is 4.90 Å². The number of anilines is 1. The number of para-hydroxylation sites is 2. The summed E-state index contributed by atoms with van der Waals surface area (Å²) in [6.45, 7) is 1.79. The summed E-state index contributed by atoms with van der Waals surface area (Å²) in [5.41, 5.74) is -0.0279. The lowest BCUT2D eigenvalue weighted by Gasteiger charge is -2.28. The first kappa shape index (κ1) is 24.6. The zero-order valence-electron chi connectivity index (χ0n) is 20.2. The lowest BCUT2D eigenvalue weighted by atomic mass is 9.82. The van der Waals surface area contributed by atoms with Gasteiger partial charge in [-0.3, -0.25) is 14.5 Å². The molecule has 1 fully saturated rings. The van der Waals surface area contributed by atoms with Crippen molar-refractivity contribution in [3.8, 4) is 17.2 Å². The molecular formula is C27H27N3O6. The quantitative estimate of drug-likeness (QED) is 0.446. The van der Waals surface area contributed by atoms with Crippen molar-refractivity contribution in [1.82, 2.24) is 10.2 Å². The molecule has 0 atom stereocenters. The van der Waals surface area contributed by atoms with E-state index in [0.29, 0.717) is 40.7 Å². The molecule has 0 aromatic heterocycles. The summed E-state index contributed by atoms with van der Waals surface area (Å²) in [4.78, 5) is 40.8. The monoisotopic (exact) mass is 489 g/mol. The maximum atomic E-state index is 13.9. The number of methoxy groups -OCH3 is 2. The van der Waals surface area contributed by atoms with Gasteiger partial charge in [0.25, 0.3) is 5.91 Å². The lowest BCUT2D eigenvalue weighted by molar-refractivity contribution is -0.133. The zero-order valence-corrected chi connectivity index (χ0v) is 20.2. The van der Waals surface area contributed by atoms with Crippen LogP contribution < -0.4 is 24.8 Å². The third-order valence-electron chi connectivity index (χ3n) is 5.91. The van der Waals surface area contributed by atoms with Gasteiger partial charge in [-0.15, -0.1) is 0 Å². The second-order valence-electron chi connectivity index (χ2n) is 8.01. The van der Waals surface area contributed by atoms with E-state index < -0.39 is 29.9 Å². The van der Waals surface area contributed by atoms with Crippen LogP contribution in [-0.4, -0.2) is 50.1 Å². The molecule has 2 N–H and O–H groups in total. The van der Waals surface area contributed by atoms with Gasteiger partial charge in [0, 0.05) is 0 Å². The van der Waals surface area contributed by atoms with E-state index >= 15 is 0 Å². The Bertz CT molecular complexity index is 1210. The predicted octanol–water partition coefficient (Wildman–Crippen LogP) is 3.54. The molecule has 1 heterocycles. The largest absolute Gasteiger partial charge is 0.497 e. The van der Waals surface area contributed by atoms with Crippen LogP contribution in [0, 0.1) is 0 Å². The van der Waals surface area contributed by atoms with Gasteiger partial charge in [0.15, 0.2) is 5.54 Å². The minimum Gasteiger partial charge on any atom is -0.497 e. The molecular weight excluding hydrogens is 462 g/mol. The molecule has 4 rings (SSSR count). The Balaban J connectivity index is 1.66. The number of hydrogen-bond acceptors (Lipinski definition) is 6. The highest BCUT2D eigenvalue weighted by molar-refractivity contribution is 6.12. The first-order chi connectivity index (χ1) is 17.4. The fourth-order valence-corrected chi connectivity index (χ4v) is 4.14. The van der Waals surface area contributed by atoms with Crippen LogP contribution in [0.15, 0.2) is 72.8 Å². The normalized spacial score (nSPS) is 14.2. The van der Waals surface area contributed by atoms with Crippen molar-refractivity contribution in [2.24, 2.45) is 0 Å². The van der Waals surface area contributed by atoms with Gasteiger partial charge >= 0.3 is 6.03 Å². The average Bonchev–Trinajstić information content (AvgIpc) is 3.15. The van der Waals surface area contributed by atoms with E-state index in [1.165, 1.54) is 0 Å². The minimum atomic E-state index is -1.53. The van der Waals surface area contributed by atoms with Crippen molar-refractivity contribution in [2.75, 3.05) is 32.7 Å². The van der Waals surface area contributed by atoms with Gasteiger partial charge in [0.1, 0.15) is 23.8 Å². The Kier molecular flexibility index (Phi) is 7.10. The summed E-state index contributed by atoms with van der Waals surface area (Å²) in [6.07, 6.45) is 0. The summed E-state index contributed by atoms with van der Waals surface area (Å²) in [7, 11) is 3.08. The second-order valence-corrected chi connectivity index (χ2v) is 8.01. The zero-order chi connectivity index (χ0) is 25.7. The molecule has 9 heteroatoms. The van der Waals surface area contributed by atoms with Crippen molar-refractivity contribution in [3.63, 3.8) is 0 Å². The molecule has 1 aliphatic rings.